The average Bonchev–Trinajstić information content (AvgIpc) is 2.91. The van der Waals surface area contributed by atoms with Gasteiger partial charge in [0.2, 0.25) is 0 Å². The highest BCUT2D eigenvalue weighted by Crippen LogP contribution is 2.36. The van der Waals surface area contributed by atoms with Crippen LogP contribution in [0.4, 0.5) is 39.5 Å². The van der Waals surface area contributed by atoms with Crippen molar-refractivity contribution in [1.29, 1.82) is 0 Å². The number of allylic oxidation sites excluding steroid dienone is 1. The standard InChI is InChI=1S/C30H19F9O/c1-2-3-23(31)28(36)19-8-10-21(24(32)13-19)17-6-4-16(5-7-17)18-9-11-22(25(33)12-18)30(38,39)40-20-14-26(34)29(37)27(35)15-20/h4-15H,2-3H2,1H3. The molecule has 4 aromatic rings. The maximum absolute atomic E-state index is 14.7. The van der Waals surface area contributed by atoms with Gasteiger partial charge in [-0.3, -0.25) is 0 Å². The first-order chi connectivity index (χ1) is 18.9. The van der Waals surface area contributed by atoms with Gasteiger partial charge in [0.15, 0.2) is 23.3 Å². The third-order valence-corrected chi connectivity index (χ3v) is 5.95. The van der Waals surface area contributed by atoms with E-state index in [0.717, 1.165) is 18.2 Å². The molecule has 0 aromatic heterocycles. The van der Waals surface area contributed by atoms with Crippen molar-refractivity contribution in [3.63, 3.8) is 0 Å². The fourth-order valence-electron chi connectivity index (χ4n) is 3.94. The molecular formula is C30H19F9O. The summed E-state index contributed by atoms with van der Waals surface area (Å²) < 4.78 is 130. The minimum Gasteiger partial charge on any atom is -0.429 e. The van der Waals surface area contributed by atoms with E-state index in [2.05, 4.69) is 4.74 Å². The number of alkyl halides is 2. The van der Waals surface area contributed by atoms with Crippen LogP contribution in [0.1, 0.15) is 30.9 Å². The molecule has 0 saturated carbocycles. The van der Waals surface area contributed by atoms with Crippen LogP contribution in [0.2, 0.25) is 0 Å². The van der Waals surface area contributed by atoms with Crippen molar-refractivity contribution < 1.29 is 44.3 Å². The van der Waals surface area contributed by atoms with Crippen LogP contribution in [0, 0.1) is 29.1 Å². The van der Waals surface area contributed by atoms with Crippen LogP contribution in [0.15, 0.2) is 78.6 Å². The van der Waals surface area contributed by atoms with Gasteiger partial charge in [0.25, 0.3) is 0 Å². The van der Waals surface area contributed by atoms with Crippen molar-refractivity contribution >= 4 is 5.83 Å². The van der Waals surface area contributed by atoms with Gasteiger partial charge >= 0.3 is 6.11 Å². The summed E-state index contributed by atoms with van der Waals surface area (Å²) in [7, 11) is 0. The van der Waals surface area contributed by atoms with Crippen LogP contribution in [0.5, 0.6) is 5.75 Å². The van der Waals surface area contributed by atoms with Gasteiger partial charge in [0.1, 0.15) is 23.2 Å². The first kappa shape index (κ1) is 28.8. The highest BCUT2D eigenvalue weighted by Gasteiger charge is 2.38. The zero-order chi connectivity index (χ0) is 29.2. The molecule has 0 aliphatic heterocycles. The van der Waals surface area contributed by atoms with Crippen LogP contribution in [0.25, 0.3) is 28.1 Å². The van der Waals surface area contributed by atoms with Crippen molar-refractivity contribution in [3.05, 3.63) is 119 Å². The average molecular weight is 566 g/mol. The molecule has 0 N–H and O–H groups in total. The third-order valence-electron chi connectivity index (χ3n) is 5.95. The normalized spacial score (nSPS) is 12.3. The second-order valence-electron chi connectivity index (χ2n) is 8.76. The number of benzene rings is 4. The molecule has 0 aliphatic rings. The maximum atomic E-state index is 14.7. The number of rotatable bonds is 8. The van der Waals surface area contributed by atoms with E-state index in [4.69, 9.17) is 0 Å². The Kier molecular flexibility index (Phi) is 8.27. The van der Waals surface area contributed by atoms with E-state index >= 15 is 0 Å². The van der Waals surface area contributed by atoms with E-state index in [0.29, 0.717) is 23.6 Å². The van der Waals surface area contributed by atoms with Crippen molar-refractivity contribution in [2.45, 2.75) is 25.9 Å². The quantitative estimate of drug-likeness (QED) is 0.152. The number of hydrogen-bond acceptors (Lipinski definition) is 1. The summed E-state index contributed by atoms with van der Waals surface area (Å²) in [6, 6.07) is 12.3. The Morgan fingerprint density at radius 1 is 0.675 bits per heavy atom. The van der Waals surface area contributed by atoms with Gasteiger partial charge in [-0.1, -0.05) is 49.4 Å². The van der Waals surface area contributed by atoms with Gasteiger partial charge in [-0.05, 0) is 41.3 Å². The molecule has 208 valence electrons. The van der Waals surface area contributed by atoms with Crippen molar-refractivity contribution in [2.75, 3.05) is 0 Å². The SMILES string of the molecule is CCCC(F)=C(F)c1ccc(-c2ccc(-c3ccc(C(F)(F)Oc4cc(F)c(F)c(F)c4)c(F)c3)cc2)c(F)c1. The molecule has 0 fully saturated rings. The minimum atomic E-state index is -4.36. The molecule has 0 saturated heterocycles. The van der Waals surface area contributed by atoms with Crippen molar-refractivity contribution in [3.8, 4) is 28.0 Å². The zero-order valence-electron chi connectivity index (χ0n) is 20.7. The lowest BCUT2D eigenvalue weighted by atomic mass is 9.98. The molecule has 4 rings (SSSR count). The van der Waals surface area contributed by atoms with Crippen LogP contribution < -0.4 is 4.74 Å². The summed E-state index contributed by atoms with van der Waals surface area (Å²) in [6.07, 6.45) is -4.09. The molecule has 10 heteroatoms. The summed E-state index contributed by atoms with van der Waals surface area (Å²) in [6.45, 7) is 1.68. The monoisotopic (exact) mass is 566 g/mol. The molecular weight excluding hydrogens is 547 g/mol. The summed E-state index contributed by atoms with van der Waals surface area (Å²) >= 11 is 0. The van der Waals surface area contributed by atoms with Crippen molar-refractivity contribution in [2.24, 2.45) is 0 Å². The molecule has 0 atom stereocenters. The van der Waals surface area contributed by atoms with Crippen LogP contribution in [0.3, 0.4) is 0 Å². The molecule has 0 bridgehead atoms. The van der Waals surface area contributed by atoms with E-state index < -0.39 is 58.2 Å². The Labute approximate surface area is 223 Å². The summed E-state index contributed by atoms with van der Waals surface area (Å²) in [5, 5.41) is 0. The van der Waals surface area contributed by atoms with Gasteiger partial charge in [0.05, 0.1) is 5.56 Å². The maximum Gasteiger partial charge on any atom is 0.429 e. The van der Waals surface area contributed by atoms with E-state index in [1.165, 1.54) is 36.4 Å². The lowest BCUT2D eigenvalue weighted by Gasteiger charge is -2.19. The van der Waals surface area contributed by atoms with Crippen LogP contribution in [-0.4, -0.2) is 0 Å². The molecule has 0 unspecified atom stereocenters. The third kappa shape index (κ3) is 6.00. The predicted octanol–water partition coefficient (Wildman–Crippen LogP) is 10.3. The largest absolute Gasteiger partial charge is 0.429 e. The molecule has 1 nitrogen and oxygen atoms in total. The van der Waals surface area contributed by atoms with E-state index in [1.807, 2.05) is 0 Å². The van der Waals surface area contributed by atoms with E-state index in [-0.39, 0.29) is 35.2 Å². The molecule has 0 aliphatic carbocycles. The van der Waals surface area contributed by atoms with Gasteiger partial charge in [-0.15, -0.1) is 0 Å². The van der Waals surface area contributed by atoms with E-state index in [9.17, 15) is 39.5 Å². The number of hydrogen-bond donors (Lipinski definition) is 0. The lowest BCUT2D eigenvalue weighted by molar-refractivity contribution is -0.187. The van der Waals surface area contributed by atoms with E-state index in [1.54, 1.807) is 6.92 Å². The highest BCUT2D eigenvalue weighted by atomic mass is 19.3. The molecule has 0 amide bonds. The van der Waals surface area contributed by atoms with Crippen LogP contribution >= 0.6 is 0 Å². The highest BCUT2D eigenvalue weighted by molar-refractivity contribution is 5.73. The Bertz CT molecular complexity index is 1550. The van der Waals surface area contributed by atoms with Gasteiger partial charge in [-0.25, -0.2) is 30.7 Å². The Hall–Kier alpha value is -4.21. The second-order valence-corrected chi connectivity index (χ2v) is 8.76. The van der Waals surface area contributed by atoms with Gasteiger partial charge < -0.3 is 4.74 Å². The Balaban J connectivity index is 1.55. The number of ether oxygens (including phenoxy) is 1. The zero-order valence-corrected chi connectivity index (χ0v) is 20.7. The number of halogens is 9. The smallest absolute Gasteiger partial charge is 0.429 e. The Morgan fingerprint density at radius 2 is 1.27 bits per heavy atom. The van der Waals surface area contributed by atoms with Gasteiger partial charge in [0, 0.05) is 29.7 Å². The molecule has 40 heavy (non-hydrogen) atoms. The predicted molar refractivity (Wildman–Crippen MR) is 132 cm³/mol. The molecule has 4 aromatic carbocycles. The lowest BCUT2D eigenvalue weighted by Crippen LogP contribution is -2.23. The molecule has 0 radical (unpaired) electrons. The summed E-state index contributed by atoms with van der Waals surface area (Å²) in [5.41, 5.74) is -0.495. The summed E-state index contributed by atoms with van der Waals surface area (Å²) in [4.78, 5) is 0. The first-order valence-electron chi connectivity index (χ1n) is 11.9. The van der Waals surface area contributed by atoms with Crippen LogP contribution in [-0.2, 0) is 6.11 Å². The second kappa shape index (κ2) is 11.5. The van der Waals surface area contributed by atoms with Gasteiger partial charge in [-0.2, -0.15) is 8.78 Å². The topological polar surface area (TPSA) is 9.23 Å². The van der Waals surface area contributed by atoms with Crippen molar-refractivity contribution in [1.82, 2.24) is 0 Å². The minimum absolute atomic E-state index is 0.0889. The fourth-order valence-corrected chi connectivity index (χ4v) is 3.94. The first-order valence-corrected chi connectivity index (χ1v) is 11.9. The summed E-state index contributed by atoms with van der Waals surface area (Å²) in [5.74, 6) is -10.8. The fraction of sp³-hybridized carbons (Fsp3) is 0.133. The molecule has 0 spiro atoms. The molecule has 0 heterocycles. The Morgan fingerprint density at radius 3 is 1.85 bits per heavy atom.